The molecule has 6 nitrogen and oxygen atoms in total. The van der Waals surface area contributed by atoms with E-state index in [0.29, 0.717) is 19.0 Å². The molecule has 22 heavy (non-hydrogen) atoms. The maximum Gasteiger partial charge on any atom is 0.287 e. The van der Waals surface area contributed by atoms with Gasteiger partial charge in [0.1, 0.15) is 6.04 Å². The van der Waals surface area contributed by atoms with Gasteiger partial charge >= 0.3 is 0 Å². The third-order valence-corrected chi connectivity index (χ3v) is 4.24. The molecule has 1 aliphatic rings. The first-order valence-electron chi connectivity index (χ1n) is 7.79. The summed E-state index contributed by atoms with van der Waals surface area (Å²) in [6.45, 7) is 7.12. The first-order valence-corrected chi connectivity index (χ1v) is 7.79. The molecule has 1 saturated heterocycles. The molecule has 0 saturated carbocycles. The highest BCUT2D eigenvalue weighted by Gasteiger charge is 2.37. The van der Waals surface area contributed by atoms with Crippen LogP contribution in [0.25, 0.3) is 0 Å². The highest BCUT2D eigenvalue weighted by atomic mass is 16.3. The van der Waals surface area contributed by atoms with E-state index in [1.807, 2.05) is 25.7 Å². The van der Waals surface area contributed by atoms with Crippen molar-refractivity contribution in [2.24, 2.45) is 17.6 Å². The molecule has 3 atom stereocenters. The van der Waals surface area contributed by atoms with E-state index in [-0.39, 0.29) is 29.5 Å². The van der Waals surface area contributed by atoms with Crippen LogP contribution in [0.2, 0.25) is 0 Å². The molecule has 1 aliphatic heterocycles. The topological polar surface area (TPSA) is 88.6 Å². The van der Waals surface area contributed by atoms with Gasteiger partial charge in [-0.3, -0.25) is 9.59 Å². The van der Waals surface area contributed by atoms with Crippen molar-refractivity contribution in [3.8, 4) is 0 Å². The average molecular weight is 307 g/mol. The normalized spacial score (nSPS) is 22.9. The van der Waals surface area contributed by atoms with Gasteiger partial charge in [0.05, 0.1) is 6.26 Å². The van der Waals surface area contributed by atoms with E-state index in [4.69, 9.17) is 10.2 Å². The highest BCUT2D eigenvalue weighted by Crippen LogP contribution is 2.24. The summed E-state index contributed by atoms with van der Waals surface area (Å²) in [7, 11) is 0. The summed E-state index contributed by atoms with van der Waals surface area (Å²) >= 11 is 0. The minimum Gasteiger partial charge on any atom is -0.459 e. The Morgan fingerprint density at radius 1 is 1.50 bits per heavy atom. The molecule has 0 spiro atoms. The second kappa shape index (κ2) is 6.96. The Labute approximate surface area is 131 Å². The van der Waals surface area contributed by atoms with Crippen LogP contribution in [0.1, 0.15) is 37.7 Å². The number of nitrogens with two attached hydrogens (primary N) is 1. The number of amides is 2. The minimum atomic E-state index is -0.559. The second-order valence-corrected chi connectivity index (χ2v) is 6.35. The van der Waals surface area contributed by atoms with Gasteiger partial charge in [-0.2, -0.15) is 0 Å². The van der Waals surface area contributed by atoms with Crippen molar-refractivity contribution in [2.45, 2.75) is 39.3 Å². The lowest BCUT2D eigenvalue weighted by Gasteiger charge is -2.29. The standard InChI is InChI=1S/C16H25N3O3/c1-10(2)14(18-15(20)13-5-4-6-22-13)16(21)19-9-12(8-17)7-11(19)3/h4-6,10-12,14H,7-9,17H2,1-3H3,(H,18,20). The molecular formula is C16H25N3O3. The van der Waals surface area contributed by atoms with Crippen molar-refractivity contribution in [3.05, 3.63) is 24.2 Å². The zero-order valence-electron chi connectivity index (χ0n) is 13.4. The number of furan rings is 1. The average Bonchev–Trinajstić information content (AvgIpc) is 3.12. The van der Waals surface area contributed by atoms with E-state index in [1.165, 1.54) is 6.26 Å². The Kier molecular flexibility index (Phi) is 5.24. The summed E-state index contributed by atoms with van der Waals surface area (Å²) in [4.78, 5) is 26.8. The molecule has 1 aromatic rings. The molecule has 2 heterocycles. The zero-order valence-corrected chi connectivity index (χ0v) is 13.4. The van der Waals surface area contributed by atoms with Gasteiger partial charge in [-0.15, -0.1) is 0 Å². The summed E-state index contributed by atoms with van der Waals surface area (Å²) in [6, 6.07) is 2.83. The Balaban J connectivity index is 2.07. The van der Waals surface area contributed by atoms with E-state index in [9.17, 15) is 9.59 Å². The fourth-order valence-corrected chi connectivity index (χ4v) is 2.93. The summed E-state index contributed by atoms with van der Waals surface area (Å²) in [6.07, 6.45) is 2.36. The van der Waals surface area contributed by atoms with E-state index in [1.54, 1.807) is 12.1 Å². The first kappa shape index (κ1) is 16.5. The van der Waals surface area contributed by atoms with Crippen LogP contribution in [0, 0.1) is 11.8 Å². The number of carbonyl (C=O) groups excluding carboxylic acids is 2. The van der Waals surface area contributed by atoms with Crippen LogP contribution >= 0.6 is 0 Å². The largest absolute Gasteiger partial charge is 0.459 e. The van der Waals surface area contributed by atoms with Gasteiger partial charge in [0.2, 0.25) is 5.91 Å². The Morgan fingerprint density at radius 3 is 2.73 bits per heavy atom. The summed E-state index contributed by atoms with van der Waals surface area (Å²) in [5.41, 5.74) is 5.72. The SMILES string of the molecule is CC(C)C(NC(=O)c1ccco1)C(=O)N1CC(CN)CC1C. The summed E-state index contributed by atoms with van der Waals surface area (Å²) in [5, 5.41) is 2.79. The van der Waals surface area contributed by atoms with Crippen LogP contribution in [0.15, 0.2) is 22.8 Å². The van der Waals surface area contributed by atoms with E-state index in [0.717, 1.165) is 6.42 Å². The van der Waals surface area contributed by atoms with Gasteiger partial charge in [-0.1, -0.05) is 13.8 Å². The fourth-order valence-electron chi connectivity index (χ4n) is 2.93. The quantitative estimate of drug-likeness (QED) is 0.856. The molecule has 1 fully saturated rings. The summed E-state index contributed by atoms with van der Waals surface area (Å²) < 4.78 is 5.08. The molecule has 0 bridgehead atoms. The van der Waals surface area contributed by atoms with E-state index >= 15 is 0 Å². The monoisotopic (exact) mass is 307 g/mol. The molecule has 122 valence electrons. The van der Waals surface area contributed by atoms with Gasteiger partial charge in [0, 0.05) is 12.6 Å². The van der Waals surface area contributed by atoms with E-state index < -0.39 is 6.04 Å². The molecule has 3 unspecified atom stereocenters. The van der Waals surface area contributed by atoms with Crippen molar-refractivity contribution in [3.63, 3.8) is 0 Å². The zero-order chi connectivity index (χ0) is 16.3. The van der Waals surface area contributed by atoms with Crippen LogP contribution in [-0.2, 0) is 4.79 Å². The van der Waals surface area contributed by atoms with Crippen LogP contribution in [-0.4, -0.2) is 41.9 Å². The minimum absolute atomic E-state index is 0.00413. The Bertz CT molecular complexity index is 513. The number of nitrogens with one attached hydrogen (secondary N) is 1. The Morgan fingerprint density at radius 2 is 2.23 bits per heavy atom. The smallest absolute Gasteiger partial charge is 0.287 e. The van der Waals surface area contributed by atoms with Crippen LogP contribution in [0.4, 0.5) is 0 Å². The molecule has 6 heteroatoms. The van der Waals surface area contributed by atoms with Gasteiger partial charge < -0.3 is 20.4 Å². The van der Waals surface area contributed by atoms with Crippen LogP contribution < -0.4 is 11.1 Å². The van der Waals surface area contributed by atoms with E-state index in [2.05, 4.69) is 5.32 Å². The van der Waals surface area contributed by atoms with Crippen molar-refractivity contribution < 1.29 is 14.0 Å². The molecule has 3 N–H and O–H groups in total. The van der Waals surface area contributed by atoms with Crippen molar-refractivity contribution in [1.29, 1.82) is 0 Å². The number of nitrogens with zero attached hydrogens (tertiary/aromatic N) is 1. The van der Waals surface area contributed by atoms with Gasteiger partial charge in [-0.25, -0.2) is 0 Å². The number of likely N-dealkylation sites (tertiary alicyclic amines) is 1. The third-order valence-electron chi connectivity index (χ3n) is 4.24. The van der Waals surface area contributed by atoms with Gasteiger partial charge in [0.15, 0.2) is 5.76 Å². The first-order chi connectivity index (χ1) is 10.4. The molecule has 2 amide bonds. The van der Waals surface area contributed by atoms with Crippen molar-refractivity contribution in [2.75, 3.05) is 13.1 Å². The Hall–Kier alpha value is -1.82. The molecule has 0 radical (unpaired) electrons. The van der Waals surface area contributed by atoms with Gasteiger partial charge in [-0.05, 0) is 43.9 Å². The predicted molar refractivity (Wildman–Crippen MR) is 83.1 cm³/mol. The predicted octanol–water partition coefficient (Wildman–Crippen LogP) is 1.23. The highest BCUT2D eigenvalue weighted by molar-refractivity contribution is 5.95. The van der Waals surface area contributed by atoms with Crippen LogP contribution in [0.3, 0.4) is 0 Å². The second-order valence-electron chi connectivity index (χ2n) is 6.35. The van der Waals surface area contributed by atoms with Crippen molar-refractivity contribution >= 4 is 11.8 Å². The lowest BCUT2D eigenvalue weighted by molar-refractivity contribution is -0.135. The maximum absolute atomic E-state index is 12.8. The van der Waals surface area contributed by atoms with Gasteiger partial charge in [0.25, 0.3) is 5.91 Å². The molecule has 1 aromatic heterocycles. The fraction of sp³-hybridized carbons (Fsp3) is 0.625. The third kappa shape index (κ3) is 3.50. The lowest BCUT2D eigenvalue weighted by atomic mass is 10.0. The maximum atomic E-state index is 12.8. The number of carbonyl (C=O) groups is 2. The molecule has 2 rings (SSSR count). The molecule has 0 aromatic carbocycles. The number of hydrogen-bond acceptors (Lipinski definition) is 4. The number of rotatable bonds is 5. The summed E-state index contributed by atoms with van der Waals surface area (Å²) in [5.74, 6) is 0.147. The molecular weight excluding hydrogens is 282 g/mol. The van der Waals surface area contributed by atoms with Crippen molar-refractivity contribution in [1.82, 2.24) is 10.2 Å². The number of hydrogen-bond donors (Lipinski definition) is 2. The molecule has 0 aliphatic carbocycles. The lowest BCUT2D eigenvalue weighted by Crippen LogP contribution is -2.52. The van der Waals surface area contributed by atoms with Crippen LogP contribution in [0.5, 0.6) is 0 Å².